The van der Waals surface area contributed by atoms with Crippen molar-refractivity contribution in [3.63, 3.8) is 0 Å². The summed E-state index contributed by atoms with van der Waals surface area (Å²) in [6, 6.07) is 24.7. The molecule has 0 saturated heterocycles. The second-order valence-electron chi connectivity index (χ2n) is 10.9. The molecule has 36 heavy (non-hydrogen) atoms. The number of benzene rings is 3. The Kier molecular flexibility index (Phi) is 5.91. The third-order valence-corrected chi connectivity index (χ3v) is 9.09. The van der Waals surface area contributed by atoms with Gasteiger partial charge in [0, 0.05) is 5.41 Å². The number of carbonyl (C=O) groups excluding carboxylic acids is 2. The van der Waals surface area contributed by atoms with Gasteiger partial charge in [-0.25, -0.2) is 9.59 Å². The summed E-state index contributed by atoms with van der Waals surface area (Å²) in [6.45, 7) is 2.35. The summed E-state index contributed by atoms with van der Waals surface area (Å²) in [5, 5.41) is 0. The Bertz CT molecular complexity index is 1270. The molecule has 3 aromatic rings. The summed E-state index contributed by atoms with van der Waals surface area (Å²) in [5.74, 6) is 1.79. The molecule has 3 aromatic carbocycles. The van der Waals surface area contributed by atoms with Crippen LogP contribution in [0, 0.1) is 17.3 Å². The van der Waals surface area contributed by atoms with Gasteiger partial charge in [0.2, 0.25) is 0 Å². The second kappa shape index (κ2) is 9.24. The highest BCUT2D eigenvalue weighted by Crippen LogP contribution is 2.61. The first-order valence-electron chi connectivity index (χ1n) is 13.2. The largest absolute Gasteiger partial charge is 0.458 e. The summed E-state index contributed by atoms with van der Waals surface area (Å²) < 4.78 is 11.8. The van der Waals surface area contributed by atoms with Crippen molar-refractivity contribution in [3.8, 4) is 5.75 Å². The Morgan fingerprint density at radius 2 is 1.50 bits per heavy atom. The monoisotopic (exact) mass is 480 g/mol. The number of esters is 2. The Hall–Kier alpha value is -3.40. The smallest absolute Gasteiger partial charge is 0.343 e. The van der Waals surface area contributed by atoms with Crippen molar-refractivity contribution in [1.29, 1.82) is 0 Å². The fourth-order valence-electron chi connectivity index (χ4n) is 7.28. The van der Waals surface area contributed by atoms with Crippen LogP contribution in [0.15, 0.2) is 78.9 Å². The van der Waals surface area contributed by atoms with Crippen molar-refractivity contribution >= 4 is 11.9 Å². The van der Waals surface area contributed by atoms with Gasteiger partial charge in [0.15, 0.2) is 0 Å². The van der Waals surface area contributed by atoms with Crippen LogP contribution < -0.4 is 4.74 Å². The fraction of sp³-hybridized carbons (Fsp3) is 0.375. The first kappa shape index (κ1) is 23.0. The van der Waals surface area contributed by atoms with Gasteiger partial charge < -0.3 is 9.47 Å². The number of aryl methyl sites for hydroxylation is 1. The van der Waals surface area contributed by atoms with E-state index < -0.39 is 0 Å². The summed E-state index contributed by atoms with van der Waals surface area (Å²) in [6.07, 6.45) is 6.35. The molecular weight excluding hydrogens is 448 g/mol. The molecule has 0 unspecified atom stereocenters. The predicted octanol–water partition coefficient (Wildman–Crippen LogP) is 6.99. The Labute approximate surface area is 212 Å². The standard InChI is InChI=1S/C32H32O4/c1-32-19-18-26-25-15-13-24(35-30(33)21-8-4-2-5-9-21)20-23(25)12-14-27(26)28(32)16-17-29(32)36-31(34)22-10-6-3-7-11-22/h2-11,13,15,20,26-29H,12,14,16-19H2,1H3/t26-,27-,28-,29-,32-/m0/s1. The van der Waals surface area contributed by atoms with Gasteiger partial charge >= 0.3 is 11.9 Å². The van der Waals surface area contributed by atoms with Gasteiger partial charge in [-0.15, -0.1) is 0 Å². The lowest BCUT2D eigenvalue weighted by molar-refractivity contribution is -0.0427. The lowest BCUT2D eigenvalue weighted by Crippen LogP contribution is -2.45. The maximum Gasteiger partial charge on any atom is 0.343 e. The van der Waals surface area contributed by atoms with E-state index in [0.29, 0.717) is 34.6 Å². The molecule has 5 atom stereocenters. The zero-order chi connectivity index (χ0) is 24.7. The van der Waals surface area contributed by atoms with Crippen LogP contribution in [0.3, 0.4) is 0 Å². The number of hydrogen-bond acceptors (Lipinski definition) is 4. The van der Waals surface area contributed by atoms with Gasteiger partial charge in [-0.3, -0.25) is 0 Å². The van der Waals surface area contributed by atoms with Crippen molar-refractivity contribution in [2.75, 3.05) is 0 Å². The first-order chi connectivity index (χ1) is 17.5. The van der Waals surface area contributed by atoms with Crippen molar-refractivity contribution < 1.29 is 19.1 Å². The molecule has 0 amide bonds. The van der Waals surface area contributed by atoms with Crippen LogP contribution in [-0.4, -0.2) is 18.0 Å². The van der Waals surface area contributed by atoms with Crippen molar-refractivity contribution in [1.82, 2.24) is 0 Å². The van der Waals surface area contributed by atoms with E-state index in [1.165, 1.54) is 11.1 Å². The summed E-state index contributed by atoms with van der Waals surface area (Å²) in [7, 11) is 0. The van der Waals surface area contributed by atoms with E-state index in [2.05, 4.69) is 19.1 Å². The van der Waals surface area contributed by atoms with Crippen molar-refractivity contribution in [2.45, 2.75) is 57.5 Å². The molecule has 184 valence electrons. The molecule has 0 aliphatic heterocycles. The molecule has 0 radical (unpaired) electrons. The van der Waals surface area contributed by atoms with Gasteiger partial charge in [-0.05, 0) is 104 Å². The van der Waals surface area contributed by atoms with E-state index in [-0.39, 0.29) is 23.5 Å². The van der Waals surface area contributed by atoms with Gasteiger partial charge in [0.25, 0.3) is 0 Å². The zero-order valence-corrected chi connectivity index (χ0v) is 20.7. The van der Waals surface area contributed by atoms with E-state index in [9.17, 15) is 9.59 Å². The van der Waals surface area contributed by atoms with Gasteiger partial charge in [-0.1, -0.05) is 49.4 Å². The van der Waals surface area contributed by atoms with Crippen LogP contribution >= 0.6 is 0 Å². The Balaban J connectivity index is 1.17. The van der Waals surface area contributed by atoms with E-state index in [0.717, 1.165) is 38.5 Å². The highest BCUT2D eigenvalue weighted by atomic mass is 16.5. The lowest BCUT2D eigenvalue weighted by Gasteiger charge is -2.50. The topological polar surface area (TPSA) is 52.6 Å². The highest BCUT2D eigenvalue weighted by molar-refractivity contribution is 5.91. The number of fused-ring (bicyclic) bond motifs is 5. The summed E-state index contributed by atoms with van der Waals surface area (Å²) in [4.78, 5) is 25.3. The van der Waals surface area contributed by atoms with Crippen molar-refractivity contribution in [2.24, 2.45) is 17.3 Å². The van der Waals surface area contributed by atoms with Crippen molar-refractivity contribution in [3.05, 3.63) is 101 Å². The Morgan fingerprint density at radius 1 is 0.806 bits per heavy atom. The lowest BCUT2D eigenvalue weighted by atomic mass is 9.55. The highest BCUT2D eigenvalue weighted by Gasteiger charge is 2.56. The van der Waals surface area contributed by atoms with Crippen LogP contribution in [0.5, 0.6) is 5.75 Å². The number of ether oxygens (including phenoxy) is 2. The molecule has 0 spiro atoms. The molecule has 2 fully saturated rings. The molecule has 0 N–H and O–H groups in total. The second-order valence-corrected chi connectivity index (χ2v) is 10.9. The molecule has 0 heterocycles. The van der Waals surface area contributed by atoms with E-state index >= 15 is 0 Å². The molecule has 4 nitrogen and oxygen atoms in total. The summed E-state index contributed by atoms with van der Waals surface area (Å²) >= 11 is 0. The van der Waals surface area contributed by atoms with Gasteiger partial charge in [0.1, 0.15) is 11.9 Å². The quantitative estimate of drug-likeness (QED) is 0.298. The normalized spacial score (nSPS) is 28.4. The van der Waals surface area contributed by atoms with Crippen LogP contribution in [-0.2, 0) is 11.2 Å². The van der Waals surface area contributed by atoms with E-state index in [4.69, 9.17) is 9.47 Å². The van der Waals surface area contributed by atoms with Crippen LogP contribution in [0.25, 0.3) is 0 Å². The maximum atomic E-state index is 12.8. The molecule has 6 rings (SSSR count). The van der Waals surface area contributed by atoms with E-state index in [1.807, 2.05) is 54.6 Å². The molecule has 3 aliphatic carbocycles. The molecule has 2 saturated carbocycles. The minimum Gasteiger partial charge on any atom is -0.458 e. The fourth-order valence-corrected chi connectivity index (χ4v) is 7.28. The van der Waals surface area contributed by atoms with Gasteiger partial charge in [-0.2, -0.15) is 0 Å². The molecule has 3 aliphatic rings. The third kappa shape index (κ3) is 4.03. The summed E-state index contributed by atoms with van der Waals surface area (Å²) in [5.41, 5.74) is 3.95. The number of hydrogen-bond donors (Lipinski definition) is 0. The zero-order valence-electron chi connectivity index (χ0n) is 20.7. The SMILES string of the molecule is C[C@]12CC[C@H]3c4ccc(OC(=O)c5ccccc5)cc4CC[C@@H]3[C@@H]1CC[C@@H]2OC(=O)c1ccccc1. The van der Waals surface area contributed by atoms with Gasteiger partial charge in [0.05, 0.1) is 11.1 Å². The van der Waals surface area contributed by atoms with Crippen LogP contribution in [0.4, 0.5) is 0 Å². The average Bonchev–Trinajstić information content (AvgIpc) is 3.25. The van der Waals surface area contributed by atoms with E-state index in [1.54, 1.807) is 12.1 Å². The molecule has 0 bridgehead atoms. The predicted molar refractivity (Wildman–Crippen MR) is 138 cm³/mol. The maximum absolute atomic E-state index is 12.8. The third-order valence-electron chi connectivity index (χ3n) is 9.09. The minimum absolute atomic E-state index is 0.0164. The number of rotatable bonds is 4. The Morgan fingerprint density at radius 3 is 2.22 bits per heavy atom. The first-order valence-corrected chi connectivity index (χ1v) is 13.2. The minimum atomic E-state index is -0.320. The average molecular weight is 481 g/mol. The molecule has 4 heteroatoms. The molecular formula is C32H32O4. The number of carbonyl (C=O) groups is 2. The van der Waals surface area contributed by atoms with Crippen LogP contribution in [0.2, 0.25) is 0 Å². The van der Waals surface area contributed by atoms with Crippen LogP contribution in [0.1, 0.15) is 76.8 Å². The molecule has 0 aromatic heterocycles.